The zero-order valence-corrected chi connectivity index (χ0v) is 6.70. The van der Waals surface area contributed by atoms with Crippen LogP contribution < -0.4 is 0 Å². The highest BCUT2D eigenvalue weighted by molar-refractivity contribution is 5.20. The molecule has 0 amide bonds. The zero-order valence-electron chi connectivity index (χ0n) is 6.70. The summed E-state index contributed by atoms with van der Waals surface area (Å²) in [4.78, 5) is 7.48. The average molecular weight is 146 g/mol. The Kier molecular flexibility index (Phi) is 2.22. The molecule has 0 N–H and O–H groups in total. The van der Waals surface area contributed by atoms with E-state index < -0.39 is 0 Å². The predicted octanol–water partition coefficient (Wildman–Crippen LogP) is 2.37. The first kappa shape index (κ1) is 7.74. The third kappa shape index (κ3) is 1.78. The molecule has 0 fully saturated rings. The minimum Gasteiger partial charge on any atom is -0.309 e. The van der Waals surface area contributed by atoms with Gasteiger partial charge < -0.3 is 4.85 Å². The van der Waals surface area contributed by atoms with Gasteiger partial charge in [0.25, 0.3) is 0 Å². The first-order valence-corrected chi connectivity index (χ1v) is 3.53. The maximum Gasteiger partial charge on any atom is 0.246 e. The molecule has 1 rings (SSSR count). The van der Waals surface area contributed by atoms with E-state index in [4.69, 9.17) is 6.57 Å². The minimum atomic E-state index is -0.0447. The lowest BCUT2D eigenvalue weighted by Crippen LogP contribution is -1.89. The van der Waals surface area contributed by atoms with Crippen LogP contribution in [0.1, 0.15) is 24.2 Å². The highest BCUT2D eigenvalue weighted by Gasteiger charge is 2.06. The summed E-state index contributed by atoms with van der Waals surface area (Å²) >= 11 is 0. The molecule has 0 aliphatic heterocycles. The van der Waals surface area contributed by atoms with Gasteiger partial charge in [0.1, 0.15) is 0 Å². The van der Waals surface area contributed by atoms with Gasteiger partial charge in [-0.3, -0.25) is 4.98 Å². The average Bonchev–Trinajstić information content (AvgIpc) is 2.03. The van der Waals surface area contributed by atoms with Crippen LogP contribution in [0.3, 0.4) is 0 Å². The third-order valence-electron chi connectivity index (χ3n) is 1.60. The summed E-state index contributed by atoms with van der Waals surface area (Å²) in [6.07, 6.45) is 1.74. The van der Waals surface area contributed by atoms with E-state index in [1.165, 1.54) is 0 Å². The molecule has 2 heteroatoms. The Bertz CT molecular complexity index is 286. The first-order valence-electron chi connectivity index (χ1n) is 3.53. The monoisotopic (exact) mass is 146 g/mol. The molecule has 0 radical (unpaired) electrons. The van der Waals surface area contributed by atoms with Gasteiger partial charge in [-0.1, -0.05) is 0 Å². The molecule has 0 aliphatic rings. The zero-order chi connectivity index (χ0) is 8.27. The molecule has 0 saturated heterocycles. The van der Waals surface area contributed by atoms with Crippen LogP contribution in [0.4, 0.5) is 0 Å². The van der Waals surface area contributed by atoms with E-state index in [2.05, 4.69) is 9.83 Å². The lowest BCUT2D eigenvalue weighted by Gasteiger charge is -1.98. The van der Waals surface area contributed by atoms with Gasteiger partial charge in [0.2, 0.25) is 6.04 Å². The third-order valence-corrected chi connectivity index (χ3v) is 1.60. The minimum absolute atomic E-state index is 0.0447. The molecule has 0 aromatic carbocycles. The summed E-state index contributed by atoms with van der Waals surface area (Å²) in [6, 6.07) is 3.79. The summed E-state index contributed by atoms with van der Waals surface area (Å²) in [6.45, 7) is 10.6. The van der Waals surface area contributed by atoms with Crippen molar-refractivity contribution in [3.63, 3.8) is 0 Å². The first-order chi connectivity index (χ1) is 5.24. The number of rotatable bonds is 1. The van der Waals surface area contributed by atoms with Crippen LogP contribution in [0.25, 0.3) is 4.85 Å². The second-order valence-corrected chi connectivity index (χ2v) is 2.54. The Labute approximate surface area is 66.7 Å². The van der Waals surface area contributed by atoms with Crippen molar-refractivity contribution in [2.45, 2.75) is 19.9 Å². The molecule has 1 aromatic heterocycles. The van der Waals surface area contributed by atoms with Crippen LogP contribution >= 0.6 is 0 Å². The molecule has 0 aliphatic carbocycles. The van der Waals surface area contributed by atoms with E-state index in [9.17, 15) is 0 Å². The van der Waals surface area contributed by atoms with Gasteiger partial charge in [-0.2, -0.15) is 0 Å². The van der Waals surface area contributed by atoms with Gasteiger partial charge in [-0.25, -0.2) is 6.57 Å². The van der Waals surface area contributed by atoms with Crippen molar-refractivity contribution in [2.24, 2.45) is 0 Å². The fourth-order valence-corrected chi connectivity index (χ4v) is 0.902. The van der Waals surface area contributed by atoms with E-state index in [0.29, 0.717) is 0 Å². The van der Waals surface area contributed by atoms with Crippen molar-refractivity contribution in [1.29, 1.82) is 0 Å². The van der Waals surface area contributed by atoms with Crippen molar-refractivity contribution >= 4 is 0 Å². The molecule has 1 aromatic rings. The Balaban J connectivity index is 2.98. The summed E-state index contributed by atoms with van der Waals surface area (Å²) in [5.74, 6) is 0. The molecule has 1 unspecified atom stereocenters. The molecule has 0 spiro atoms. The van der Waals surface area contributed by atoms with Crippen LogP contribution in [-0.4, -0.2) is 4.98 Å². The smallest absolute Gasteiger partial charge is 0.246 e. The predicted molar refractivity (Wildman–Crippen MR) is 44.0 cm³/mol. The van der Waals surface area contributed by atoms with Crippen molar-refractivity contribution in [2.75, 3.05) is 0 Å². The molecule has 0 saturated carbocycles. The van der Waals surface area contributed by atoms with Crippen LogP contribution in [0, 0.1) is 13.5 Å². The number of hydrogen-bond donors (Lipinski definition) is 0. The molecular weight excluding hydrogens is 136 g/mol. The van der Waals surface area contributed by atoms with Gasteiger partial charge in [0.05, 0.1) is 0 Å². The summed E-state index contributed by atoms with van der Waals surface area (Å²) < 4.78 is 0. The lowest BCUT2D eigenvalue weighted by molar-refractivity contribution is 0.947. The van der Waals surface area contributed by atoms with Gasteiger partial charge in [0, 0.05) is 24.4 Å². The highest BCUT2D eigenvalue weighted by Crippen LogP contribution is 2.15. The maximum atomic E-state index is 6.82. The fraction of sp³-hybridized carbons (Fsp3) is 0.333. The Morgan fingerprint density at radius 1 is 1.64 bits per heavy atom. The second-order valence-electron chi connectivity index (χ2n) is 2.54. The largest absolute Gasteiger partial charge is 0.309 e. The number of aromatic nitrogens is 1. The maximum absolute atomic E-state index is 6.82. The standard InChI is InChI=1S/C9H10N2/c1-7-6-9(4-5-11-7)8(2)10-3/h4-6,8H,1-2H3. The van der Waals surface area contributed by atoms with Crippen molar-refractivity contribution in [1.82, 2.24) is 4.98 Å². The van der Waals surface area contributed by atoms with Gasteiger partial charge in [-0.15, -0.1) is 0 Å². The van der Waals surface area contributed by atoms with Gasteiger partial charge in [-0.05, 0) is 19.1 Å². The van der Waals surface area contributed by atoms with E-state index >= 15 is 0 Å². The van der Waals surface area contributed by atoms with E-state index in [0.717, 1.165) is 11.3 Å². The SMILES string of the molecule is [C-]#[N+]C(C)c1ccnc(C)c1. The van der Waals surface area contributed by atoms with Crippen molar-refractivity contribution in [3.05, 3.63) is 41.0 Å². The molecular formula is C9H10N2. The van der Waals surface area contributed by atoms with Crippen LogP contribution in [0.2, 0.25) is 0 Å². The van der Waals surface area contributed by atoms with Crippen LogP contribution in [0.15, 0.2) is 18.3 Å². The molecule has 56 valence electrons. The second kappa shape index (κ2) is 3.16. The lowest BCUT2D eigenvalue weighted by atomic mass is 10.1. The van der Waals surface area contributed by atoms with Crippen LogP contribution in [-0.2, 0) is 0 Å². The molecule has 11 heavy (non-hydrogen) atoms. The Morgan fingerprint density at radius 2 is 2.36 bits per heavy atom. The number of nitrogens with zero attached hydrogens (tertiary/aromatic N) is 2. The van der Waals surface area contributed by atoms with Crippen molar-refractivity contribution < 1.29 is 0 Å². The molecule has 1 heterocycles. The highest BCUT2D eigenvalue weighted by atomic mass is 14.7. The number of aryl methyl sites for hydroxylation is 1. The van der Waals surface area contributed by atoms with E-state index in [-0.39, 0.29) is 6.04 Å². The van der Waals surface area contributed by atoms with Crippen LogP contribution in [0.5, 0.6) is 0 Å². The molecule has 0 bridgehead atoms. The summed E-state index contributed by atoms with van der Waals surface area (Å²) in [5.41, 5.74) is 2.02. The van der Waals surface area contributed by atoms with Gasteiger partial charge >= 0.3 is 0 Å². The topological polar surface area (TPSA) is 17.2 Å². The van der Waals surface area contributed by atoms with Gasteiger partial charge in [0.15, 0.2) is 0 Å². The van der Waals surface area contributed by atoms with E-state index in [1.807, 2.05) is 26.0 Å². The number of pyridine rings is 1. The molecule has 1 atom stereocenters. The summed E-state index contributed by atoms with van der Waals surface area (Å²) in [5, 5.41) is 0. The van der Waals surface area contributed by atoms with Crippen molar-refractivity contribution in [3.8, 4) is 0 Å². The normalized spacial score (nSPS) is 12.1. The Morgan fingerprint density at radius 3 is 2.91 bits per heavy atom. The Hall–Kier alpha value is -1.36. The molecule has 2 nitrogen and oxygen atoms in total. The quantitative estimate of drug-likeness (QED) is 0.556. The summed E-state index contributed by atoms with van der Waals surface area (Å²) in [7, 11) is 0. The fourth-order valence-electron chi connectivity index (χ4n) is 0.902. The number of hydrogen-bond acceptors (Lipinski definition) is 1. The van der Waals surface area contributed by atoms with E-state index in [1.54, 1.807) is 6.20 Å².